The third-order valence-electron chi connectivity index (χ3n) is 2.38. The van der Waals surface area contributed by atoms with Crippen molar-refractivity contribution in [2.24, 2.45) is 7.05 Å². The molecule has 0 spiro atoms. The fourth-order valence-electron chi connectivity index (χ4n) is 1.52. The molecule has 1 aromatic carbocycles. The molecule has 2 nitrogen and oxygen atoms in total. The Labute approximate surface area is 146 Å². The molecule has 0 atom stereocenters. The first-order valence-electron chi connectivity index (χ1n) is 4.74. The number of benzene rings is 1. The molecule has 0 aliphatic heterocycles. The number of aromatic nitrogens is 1. The van der Waals surface area contributed by atoms with Crippen molar-refractivity contribution in [3.63, 3.8) is 0 Å². The van der Waals surface area contributed by atoms with E-state index in [-0.39, 0.29) is 38.3 Å². The molecule has 0 N–H and O–H groups in total. The Kier molecular flexibility index (Phi) is 5.90. The van der Waals surface area contributed by atoms with E-state index >= 15 is 0 Å². The monoisotopic (exact) mass is 447 g/mol. The molecular formula is C12H7Br2FNOY-. The summed E-state index contributed by atoms with van der Waals surface area (Å²) in [5.41, 5.74) is 0.511. The van der Waals surface area contributed by atoms with Gasteiger partial charge in [0.05, 0.1) is 5.82 Å². The van der Waals surface area contributed by atoms with Crippen LogP contribution in [0.1, 0.15) is 0 Å². The van der Waals surface area contributed by atoms with E-state index in [9.17, 15) is 9.18 Å². The second-order valence-corrected chi connectivity index (χ2v) is 5.15. The van der Waals surface area contributed by atoms with E-state index in [1.165, 1.54) is 16.7 Å². The van der Waals surface area contributed by atoms with Gasteiger partial charge in [-0.05, 0) is 15.0 Å². The summed E-state index contributed by atoms with van der Waals surface area (Å²) in [5.74, 6) is -0.395. The second kappa shape index (κ2) is 6.55. The average Bonchev–Trinajstić information content (AvgIpc) is 2.29. The topological polar surface area (TPSA) is 22.0 Å². The molecule has 18 heavy (non-hydrogen) atoms. The molecule has 0 unspecified atom stereocenters. The van der Waals surface area contributed by atoms with Crippen LogP contribution in [-0.4, -0.2) is 4.57 Å². The number of nitrogens with zero attached hydrogens (tertiary/aromatic N) is 1. The van der Waals surface area contributed by atoms with Crippen LogP contribution >= 0.6 is 31.9 Å². The SMILES string of the molecule is Cn1c(-c2c(F)cccc2Br)[c-]cc(Br)c1=O.[Y]. The number of hydrogen-bond acceptors (Lipinski definition) is 1. The van der Waals surface area contributed by atoms with Gasteiger partial charge in [0, 0.05) is 39.8 Å². The van der Waals surface area contributed by atoms with Crippen molar-refractivity contribution in [3.05, 3.63) is 55.4 Å². The van der Waals surface area contributed by atoms with Crippen LogP contribution < -0.4 is 5.56 Å². The van der Waals surface area contributed by atoms with Crippen molar-refractivity contribution in [1.29, 1.82) is 0 Å². The molecule has 1 aromatic heterocycles. The second-order valence-electron chi connectivity index (χ2n) is 3.45. The minimum absolute atomic E-state index is 0. The van der Waals surface area contributed by atoms with E-state index < -0.39 is 5.82 Å². The predicted octanol–water partition coefficient (Wildman–Crippen LogP) is 3.51. The maximum absolute atomic E-state index is 13.8. The van der Waals surface area contributed by atoms with Crippen LogP contribution in [0.5, 0.6) is 0 Å². The van der Waals surface area contributed by atoms with Crippen molar-refractivity contribution in [3.8, 4) is 11.3 Å². The molecule has 0 aliphatic carbocycles. The van der Waals surface area contributed by atoms with Gasteiger partial charge in [-0.3, -0.25) is 4.79 Å². The third-order valence-corrected chi connectivity index (χ3v) is 3.61. The van der Waals surface area contributed by atoms with Gasteiger partial charge in [-0.15, -0.1) is 15.9 Å². The summed E-state index contributed by atoms with van der Waals surface area (Å²) in [7, 11) is 1.58. The van der Waals surface area contributed by atoms with Gasteiger partial charge >= 0.3 is 0 Å². The zero-order valence-electron chi connectivity index (χ0n) is 9.38. The van der Waals surface area contributed by atoms with Gasteiger partial charge < -0.3 is 4.57 Å². The summed E-state index contributed by atoms with van der Waals surface area (Å²) in [6.07, 6.45) is 0. The molecule has 91 valence electrons. The van der Waals surface area contributed by atoms with Crippen LogP contribution in [0.3, 0.4) is 0 Å². The Balaban J connectivity index is 0.00000162. The minimum atomic E-state index is -0.395. The van der Waals surface area contributed by atoms with Crippen molar-refractivity contribution >= 4 is 31.9 Å². The fraction of sp³-hybridized carbons (Fsp3) is 0.0833. The molecule has 2 aromatic rings. The van der Waals surface area contributed by atoms with Gasteiger partial charge in [-0.1, -0.05) is 39.3 Å². The summed E-state index contributed by atoms with van der Waals surface area (Å²) < 4.78 is 16.1. The van der Waals surface area contributed by atoms with E-state index in [0.29, 0.717) is 20.2 Å². The van der Waals surface area contributed by atoms with Gasteiger partial charge in [-0.25, -0.2) is 4.39 Å². The van der Waals surface area contributed by atoms with E-state index in [1.807, 2.05) is 0 Å². The van der Waals surface area contributed by atoms with E-state index in [4.69, 9.17) is 0 Å². The Hall–Kier alpha value is 0.164. The first-order valence-corrected chi connectivity index (χ1v) is 6.32. The zero-order chi connectivity index (χ0) is 12.6. The Morgan fingerprint density at radius 1 is 1.28 bits per heavy atom. The third kappa shape index (κ3) is 3.01. The molecule has 6 heteroatoms. The maximum atomic E-state index is 13.8. The molecule has 1 radical (unpaired) electrons. The Bertz CT molecular complexity index is 622. The maximum Gasteiger partial charge on any atom is 0.208 e. The van der Waals surface area contributed by atoms with Gasteiger partial charge in [0.2, 0.25) is 5.56 Å². The van der Waals surface area contributed by atoms with E-state index in [0.717, 1.165) is 0 Å². The van der Waals surface area contributed by atoms with Crippen molar-refractivity contribution in [2.75, 3.05) is 0 Å². The summed E-state index contributed by atoms with van der Waals surface area (Å²) >= 11 is 6.39. The van der Waals surface area contributed by atoms with Crippen LogP contribution in [0.4, 0.5) is 4.39 Å². The predicted molar refractivity (Wildman–Crippen MR) is 71.3 cm³/mol. The van der Waals surface area contributed by atoms with Gasteiger partial charge in [-0.2, -0.15) is 12.1 Å². The van der Waals surface area contributed by atoms with E-state index in [2.05, 4.69) is 37.9 Å². The largest absolute Gasteiger partial charge is 0.344 e. The van der Waals surface area contributed by atoms with E-state index in [1.54, 1.807) is 19.2 Å². The molecule has 0 amide bonds. The molecule has 0 saturated carbocycles. The molecule has 0 saturated heterocycles. The standard InChI is InChI=1S/C12H7Br2FNO.Y/c1-16-10(6-5-8(14)12(16)17)11-7(13)3-2-4-9(11)15;/h2-5H,1H3;/q-1;. The number of halogens is 3. The summed E-state index contributed by atoms with van der Waals surface area (Å²) in [4.78, 5) is 11.7. The number of pyridine rings is 1. The first-order chi connectivity index (χ1) is 8.02. The smallest absolute Gasteiger partial charge is 0.208 e. The van der Waals surface area contributed by atoms with Gasteiger partial charge in [0.1, 0.15) is 0 Å². The summed E-state index contributed by atoms with van der Waals surface area (Å²) in [6.45, 7) is 0. The molecule has 1 heterocycles. The summed E-state index contributed by atoms with van der Waals surface area (Å²) in [5, 5.41) is 0. The average molecular weight is 449 g/mol. The zero-order valence-corrected chi connectivity index (χ0v) is 15.4. The van der Waals surface area contributed by atoms with Crippen LogP contribution in [-0.2, 0) is 39.8 Å². The molecule has 2 rings (SSSR count). The Morgan fingerprint density at radius 2 is 1.94 bits per heavy atom. The van der Waals surface area contributed by atoms with Crippen molar-refractivity contribution in [2.45, 2.75) is 0 Å². The van der Waals surface area contributed by atoms with Gasteiger partial charge in [0.25, 0.3) is 0 Å². The van der Waals surface area contributed by atoms with Crippen LogP contribution in [0.2, 0.25) is 0 Å². The number of hydrogen-bond donors (Lipinski definition) is 0. The number of rotatable bonds is 1. The normalized spacial score (nSPS) is 10.0. The Morgan fingerprint density at radius 3 is 2.56 bits per heavy atom. The molecule has 0 aliphatic rings. The minimum Gasteiger partial charge on any atom is -0.344 e. The summed E-state index contributed by atoms with van der Waals surface area (Å²) in [6, 6.07) is 9.05. The van der Waals surface area contributed by atoms with Crippen LogP contribution in [0.25, 0.3) is 11.3 Å². The van der Waals surface area contributed by atoms with Crippen molar-refractivity contribution in [1.82, 2.24) is 4.57 Å². The molecule has 0 fully saturated rings. The van der Waals surface area contributed by atoms with Gasteiger partial charge in [0.15, 0.2) is 0 Å². The van der Waals surface area contributed by atoms with Crippen LogP contribution in [0, 0.1) is 11.9 Å². The van der Waals surface area contributed by atoms with Crippen LogP contribution in [0.15, 0.2) is 38.0 Å². The first kappa shape index (κ1) is 16.2. The fourth-order valence-corrected chi connectivity index (χ4v) is 2.43. The van der Waals surface area contributed by atoms with Crippen molar-refractivity contribution < 1.29 is 37.1 Å². The quantitative estimate of drug-likeness (QED) is 0.612. The molecular weight excluding hydrogens is 442 g/mol. The molecule has 0 bridgehead atoms.